The molecule has 2 N–H and O–H groups in total. The molecule has 0 radical (unpaired) electrons. The summed E-state index contributed by atoms with van der Waals surface area (Å²) in [5, 5.41) is 28.1. The number of carbonyl (C=O) groups is 1. The highest BCUT2D eigenvalue weighted by atomic mass is 16.3. The summed E-state index contributed by atoms with van der Waals surface area (Å²) in [4.78, 5) is 12.1. The van der Waals surface area contributed by atoms with Crippen LogP contribution in [0, 0.1) is 0 Å². The number of amides is 1. The number of aromatic hydroxyl groups is 1. The number of aromatic nitrogens is 1. The molecule has 26 heavy (non-hydrogen) atoms. The summed E-state index contributed by atoms with van der Waals surface area (Å²) in [6, 6.07) is 16.2. The zero-order chi connectivity index (χ0) is 18.4. The lowest BCUT2D eigenvalue weighted by molar-refractivity contribution is 0.0995. The Hall–Kier alpha value is -2.99. The van der Waals surface area contributed by atoms with Gasteiger partial charge in [0.25, 0.3) is 5.91 Å². The first-order chi connectivity index (χ1) is 12.7. The Morgan fingerprint density at radius 2 is 1.69 bits per heavy atom. The van der Waals surface area contributed by atoms with E-state index in [2.05, 4.69) is 10.2 Å². The second-order valence-electron chi connectivity index (χ2n) is 6.00. The summed E-state index contributed by atoms with van der Waals surface area (Å²) in [6.45, 7) is 0.772. The second kappa shape index (κ2) is 8.40. The Labute approximate surface area is 151 Å². The lowest BCUT2D eigenvalue weighted by Crippen LogP contribution is -1.97. The average molecular weight is 351 g/mol. The number of aliphatic hydroxyl groups excluding tert-OH is 1. The van der Waals surface area contributed by atoms with Crippen LogP contribution < -0.4 is 0 Å². The Morgan fingerprint density at radius 1 is 0.962 bits per heavy atom. The minimum Gasteiger partial charge on any atom is -0.493 e. The van der Waals surface area contributed by atoms with Crippen molar-refractivity contribution in [1.82, 2.24) is 4.57 Å². The maximum Gasteiger partial charge on any atom is 0.295 e. The van der Waals surface area contributed by atoms with Gasteiger partial charge in [-0.2, -0.15) is 0 Å². The molecule has 3 aromatic rings. The summed E-state index contributed by atoms with van der Waals surface area (Å²) < 4.78 is 1.77. The molecule has 3 rings (SSSR count). The minimum atomic E-state index is -0.454. The predicted molar refractivity (Wildman–Crippen MR) is 99.8 cm³/mol. The normalized spacial score (nSPS) is 11.4. The van der Waals surface area contributed by atoms with E-state index in [1.807, 2.05) is 30.3 Å². The van der Waals surface area contributed by atoms with Crippen molar-refractivity contribution in [2.45, 2.75) is 25.8 Å². The van der Waals surface area contributed by atoms with Crippen molar-refractivity contribution in [1.29, 1.82) is 0 Å². The fraction of sp³-hybridized carbons (Fsp3) is 0.250. The third-order valence-electron chi connectivity index (χ3n) is 4.22. The number of unbranched alkanes of at least 4 members (excludes halogenated alkanes) is 2. The molecule has 0 atom stereocenters. The molecule has 0 aliphatic carbocycles. The lowest BCUT2D eigenvalue weighted by Gasteiger charge is -2.06. The smallest absolute Gasteiger partial charge is 0.295 e. The molecule has 2 aromatic carbocycles. The number of aryl methyl sites for hydroxylation is 1. The van der Waals surface area contributed by atoms with Gasteiger partial charge in [0.15, 0.2) is 5.69 Å². The molecule has 0 aliphatic rings. The van der Waals surface area contributed by atoms with Gasteiger partial charge in [0.05, 0.1) is 5.52 Å². The van der Waals surface area contributed by atoms with Crippen LogP contribution in [0.2, 0.25) is 0 Å². The van der Waals surface area contributed by atoms with Crippen LogP contribution in [0.25, 0.3) is 10.9 Å². The molecule has 6 nitrogen and oxygen atoms in total. The quantitative estimate of drug-likeness (QED) is 0.487. The number of carbonyl (C=O) groups excluding carboxylic acids is 1. The first kappa shape index (κ1) is 17.8. The zero-order valence-corrected chi connectivity index (χ0v) is 14.4. The van der Waals surface area contributed by atoms with Crippen LogP contribution in [0.15, 0.2) is 64.8 Å². The van der Waals surface area contributed by atoms with E-state index < -0.39 is 5.91 Å². The highest BCUT2D eigenvalue weighted by Gasteiger charge is 2.16. The number of benzene rings is 2. The molecule has 6 heteroatoms. The second-order valence-corrected chi connectivity index (χ2v) is 6.00. The number of hydrogen-bond donors (Lipinski definition) is 2. The molecule has 0 unspecified atom stereocenters. The van der Waals surface area contributed by atoms with E-state index in [4.69, 9.17) is 5.11 Å². The van der Waals surface area contributed by atoms with Crippen LogP contribution >= 0.6 is 0 Å². The predicted octanol–water partition coefficient (Wildman–Crippen LogP) is 4.43. The van der Waals surface area contributed by atoms with Gasteiger partial charge in [0.1, 0.15) is 0 Å². The summed E-state index contributed by atoms with van der Waals surface area (Å²) in [6.07, 6.45) is 2.43. The van der Waals surface area contributed by atoms with E-state index in [9.17, 15) is 9.90 Å². The molecule has 1 aromatic heterocycles. The molecule has 0 spiro atoms. The van der Waals surface area contributed by atoms with Crippen LogP contribution in [-0.4, -0.2) is 27.3 Å². The van der Waals surface area contributed by atoms with Crippen molar-refractivity contribution < 1.29 is 15.0 Å². The average Bonchev–Trinajstić information content (AvgIpc) is 2.95. The Bertz CT molecular complexity index is 917. The summed E-state index contributed by atoms with van der Waals surface area (Å²) in [7, 11) is 0. The molecule has 134 valence electrons. The number of aliphatic hydroxyl groups is 1. The largest absolute Gasteiger partial charge is 0.493 e. The zero-order valence-electron chi connectivity index (χ0n) is 14.4. The standard InChI is InChI=1S/C20H21N3O3/c24-14-8-2-7-13-23-17-12-6-5-11-16(17)18(20(23)26)21-22-19(25)15-9-3-1-4-10-15/h1,3-6,9-12,24,26H,2,7-8,13-14H2. The summed E-state index contributed by atoms with van der Waals surface area (Å²) in [5.41, 5.74) is 1.59. The molecule has 0 saturated carbocycles. The molecule has 0 bridgehead atoms. The van der Waals surface area contributed by atoms with Gasteiger partial charge in [0, 0.05) is 24.1 Å². The summed E-state index contributed by atoms with van der Waals surface area (Å²) >= 11 is 0. The van der Waals surface area contributed by atoms with Gasteiger partial charge in [-0.3, -0.25) is 4.79 Å². The van der Waals surface area contributed by atoms with E-state index in [1.165, 1.54) is 0 Å². The van der Waals surface area contributed by atoms with Gasteiger partial charge in [-0.1, -0.05) is 36.4 Å². The van der Waals surface area contributed by atoms with Crippen LogP contribution in [0.1, 0.15) is 29.6 Å². The van der Waals surface area contributed by atoms with E-state index in [1.54, 1.807) is 28.8 Å². The monoisotopic (exact) mass is 351 g/mol. The number of rotatable bonds is 7. The van der Waals surface area contributed by atoms with E-state index in [-0.39, 0.29) is 12.5 Å². The van der Waals surface area contributed by atoms with Crippen LogP contribution in [-0.2, 0) is 6.54 Å². The molecule has 0 aliphatic heterocycles. The fourth-order valence-corrected chi connectivity index (χ4v) is 2.89. The number of azo groups is 1. The number of para-hydroxylation sites is 1. The third-order valence-corrected chi connectivity index (χ3v) is 4.22. The van der Waals surface area contributed by atoms with Crippen LogP contribution in [0.3, 0.4) is 0 Å². The van der Waals surface area contributed by atoms with E-state index in [0.29, 0.717) is 17.8 Å². The Morgan fingerprint density at radius 3 is 2.46 bits per heavy atom. The maximum absolute atomic E-state index is 12.1. The van der Waals surface area contributed by atoms with Crippen molar-refractivity contribution in [2.24, 2.45) is 10.2 Å². The fourth-order valence-electron chi connectivity index (χ4n) is 2.89. The lowest BCUT2D eigenvalue weighted by atomic mass is 10.2. The van der Waals surface area contributed by atoms with E-state index >= 15 is 0 Å². The molecule has 1 amide bonds. The van der Waals surface area contributed by atoms with Crippen LogP contribution in [0.4, 0.5) is 5.69 Å². The first-order valence-corrected chi connectivity index (χ1v) is 8.64. The molecule has 0 fully saturated rings. The SMILES string of the molecule is O=C(N=Nc1c(O)n(CCCCCO)c2ccccc12)c1ccccc1. The van der Waals surface area contributed by atoms with Crippen molar-refractivity contribution in [3.63, 3.8) is 0 Å². The van der Waals surface area contributed by atoms with Crippen LogP contribution in [0.5, 0.6) is 5.88 Å². The number of hydrogen-bond acceptors (Lipinski definition) is 4. The van der Waals surface area contributed by atoms with Crippen molar-refractivity contribution in [3.05, 3.63) is 60.2 Å². The van der Waals surface area contributed by atoms with Crippen molar-refractivity contribution in [2.75, 3.05) is 6.61 Å². The van der Waals surface area contributed by atoms with Crippen molar-refractivity contribution >= 4 is 22.5 Å². The topological polar surface area (TPSA) is 87.2 Å². The number of fused-ring (bicyclic) bond motifs is 1. The first-order valence-electron chi connectivity index (χ1n) is 8.64. The van der Waals surface area contributed by atoms with Gasteiger partial charge in [-0.05, 0) is 37.5 Å². The number of nitrogens with zero attached hydrogens (tertiary/aromatic N) is 3. The highest BCUT2D eigenvalue weighted by Crippen LogP contribution is 2.39. The van der Waals surface area contributed by atoms with Crippen molar-refractivity contribution in [3.8, 4) is 5.88 Å². The Balaban J connectivity index is 1.89. The van der Waals surface area contributed by atoms with Gasteiger partial charge in [-0.25, -0.2) is 0 Å². The minimum absolute atomic E-state index is 0.000176. The third kappa shape index (κ3) is 3.81. The molecule has 1 heterocycles. The molecular formula is C20H21N3O3. The van der Waals surface area contributed by atoms with Gasteiger partial charge in [-0.15, -0.1) is 10.2 Å². The molecular weight excluding hydrogens is 330 g/mol. The van der Waals surface area contributed by atoms with Gasteiger partial charge in [0.2, 0.25) is 5.88 Å². The Kier molecular flexibility index (Phi) is 5.76. The van der Waals surface area contributed by atoms with E-state index in [0.717, 1.165) is 30.2 Å². The maximum atomic E-state index is 12.1. The van der Waals surface area contributed by atoms with Gasteiger partial charge < -0.3 is 14.8 Å². The molecule has 0 saturated heterocycles. The van der Waals surface area contributed by atoms with Gasteiger partial charge >= 0.3 is 0 Å². The highest BCUT2D eigenvalue weighted by molar-refractivity contribution is 5.97. The summed E-state index contributed by atoms with van der Waals surface area (Å²) in [5.74, 6) is -0.454.